The van der Waals surface area contributed by atoms with E-state index in [4.69, 9.17) is 10.5 Å². The van der Waals surface area contributed by atoms with Crippen molar-refractivity contribution in [2.75, 3.05) is 38.7 Å². The topological polar surface area (TPSA) is 41.7 Å². The fourth-order valence-corrected chi connectivity index (χ4v) is 3.06. The van der Waals surface area contributed by atoms with Gasteiger partial charge in [0.1, 0.15) is 5.75 Å². The highest BCUT2D eigenvalue weighted by molar-refractivity contribution is 5.51. The van der Waals surface area contributed by atoms with Gasteiger partial charge >= 0.3 is 0 Å². The summed E-state index contributed by atoms with van der Waals surface area (Å²) < 4.78 is 5.23. The lowest BCUT2D eigenvalue weighted by molar-refractivity contribution is 0.227. The minimum atomic E-state index is 0.493. The molecular formula is C15H25N3O. The number of likely N-dealkylation sites (N-methyl/N-ethyl adjacent to an activating group) is 1. The summed E-state index contributed by atoms with van der Waals surface area (Å²) in [6, 6.07) is 9.34. The van der Waals surface area contributed by atoms with Gasteiger partial charge in [0.2, 0.25) is 0 Å². The van der Waals surface area contributed by atoms with Crippen LogP contribution in [0.4, 0.5) is 5.69 Å². The van der Waals surface area contributed by atoms with Crippen molar-refractivity contribution in [3.05, 3.63) is 24.3 Å². The van der Waals surface area contributed by atoms with Crippen LogP contribution in [0.15, 0.2) is 24.3 Å². The van der Waals surface area contributed by atoms with Crippen LogP contribution in [0.2, 0.25) is 0 Å². The maximum Gasteiger partial charge on any atom is 0.119 e. The molecule has 0 radical (unpaired) electrons. The van der Waals surface area contributed by atoms with E-state index in [0.717, 1.165) is 31.8 Å². The van der Waals surface area contributed by atoms with E-state index in [1.54, 1.807) is 7.11 Å². The second kappa shape index (κ2) is 6.26. The number of piperazine rings is 1. The molecule has 1 aromatic carbocycles. The summed E-state index contributed by atoms with van der Waals surface area (Å²) in [5.41, 5.74) is 7.03. The molecule has 19 heavy (non-hydrogen) atoms. The average molecular weight is 263 g/mol. The third kappa shape index (κ3) is 3.19. The molecule has 1 saturated heterocycles. The van der Waals surface area contributed by atoms with Crippen molar-refractivity contribution in [3.8, 4) is 5.75 Å². The molecule has 0 bridgehead atoms. The molecule has 1 aliphatic rings. The van der Waals surface area contributed by atoms with E-state index in [2.05, 4.69) is 35.9 Å². The summed E-state index contributed by atoms with van der Waals surface area (Å²) >= 11 is 0. The molecule has 0 spiro atoms. The summed E-state index contributed by atoms with van der Waals surface area (Å²) in [5, 5.41) is 0. The van der Waals surface area contributed by atoms with Crippen LogP contribution in [0, 0.1) is 0 Å². The van der Waals surface area contributed by atoms with Crippen LogP contribution in [-0.4, -0.2) is 50.8 Å². The third-order valence-electron chi connectivity index (χ3n) is 3.84. The van der Waals surface area contributed by atoms with Crippen LogP contribution in [0.25, 0.3) is 0 Å². The molecule has 4 heteroatoms. The lowest BCUT2D eigenvalue weighted by Crippen LogP contribution is -2.57. The van der Waals surface area contributed by atoms with Gasteiger partial charge in [0, 0.05) is 30.9 Å². The van der Waals surface area contributed by atoms with Crippen molar-refractivity contribution >= 4 is 5.69 Å². The Morgan fingerprint density at radius 1 is 1.26 bits per heavy atom. The lowest BCUT2D eigenvalue weighted by Gasteiger charge is -2.46. The summed E-state index contributed by atoms with van der Waals surface area (Å²) in [4.78, 5) is 4.90. The van der Waals surface area contributed by atoms with Gasteiger partial charge in [-0.3, -0.25) is 0 Å². The van der Waals surface area contributed by atoms with Crippen LogP contribution < -0.4 is 15.4 Å². The summed E-state index contributed by atoms with van der Waals surface area (Å²) in [5.74, 6) is 0.904. The Bertz CT molecular complexity index is 393. The minimum absolute atomic E-state index is 0.493. The first kappa shape index (κ1) is 14.2. The van der Waals surface area contributed by atoms with Crippen molar-refractivity contribution in [1.82, 2.24) is 4.90 Å². The molecule has 4 nitrogen and oxygen atoms in total. The van der Waals surface area contributed by atoms with Gasteiger partial charge in [-0.25, -0.2) is 0 Å². The molecule has 0 saturated carbocycles. The van der Waals surface area contributed by atoms with Gasteiger partial charge in [-0.15, -0.1) is 0 Å². The smallest absolute Gasteiger partial charge is 0.119 e. The molecule has 1 fully saturated rings. The van der Waals surface area contributed by atoms with Gasteiger partial charge in [0.05, 0.1) is 7.11 Å². The second-order valence-electron chi connectivity index (χ2n) is 5.41. The Morgan fingerprint density at radius 2 is 1.95 bits per heavy atom. The van der Waals surface area contributed by atoms with Crippen molar-refractivity contribution in [3.63, 3.8) is 0 Å². The molecule has 2 atom stereocenters. The number of hydrogen-bond acceptors (Lipinski definition) is 4. The maximum atomic E-state index is 5.77. The molecule has 106 valence electrons. The normalized spacial score (nSPS) is 24.5. The predicted molar refractivity (Wildman–Crippen MR) is 79.9 cm³/mol. The van der Waals surface area contributed by atoms with E-state index in [-0.39, 0.29) is 0 Å². The molecule has 1 heterocycles. The Hall–Kier alpha value is -1.26. The Labute approximate surface area is 116 Å². The van der Waals surface area contributed by atoms with Crippen LogP contribution >= 0.6 is 0 Å². The molecule has 0 aliphatic carbocycles. The Morgan fingerprint density at radius 3 is 2.53 bits per heavy atom. The zero-order chi connectivity index (χ0) is 13.8. The van der Waals surface area contributed by atoms with Gasteiger partial charge in [0.25, 0.3) is 0 Å². The van der Waals surface area contributed by atoms with E-state index in [1.165, 1.54) is 5.69 Å². The van der Waals surface area contributed by atoms with Crippen molar-refractivity contribution in [1.29, 1.82) is 0 Å². The molecular weight excluding hydrogens is 238 g/mol. The van der Waals surface area contributed by atoms with E-state index in [9.17, 15) is 0 Å². The molecule has 2 N–H and O–H groups in total. The SMILES string of the molecule is COc1ccc(N2C(C)CN(C)CC2CCN)cc1. The van der Waals surface area contributed by atoms with Crippen LogP contribution in [0.3, 0.4) is 0 Å². The van der Waals surface area contributed by atoms with E-state index < -0.39 is 0 Å². The highest BCUT2D eigenvalue weighted by atomic mass is 16.5. The molecule has 2 unspecified atom stereocenters. The second-order valence-corrected chi connectivity index (χ2v) is 5.41. The van der Waals surface area contributed by atoms with Gasteiger partial charge in [-0.05, 0) is 51.2 Å². The van der Waals surface area contributed by atoms with Gasteiger partial charge in [0.15, 0.2) is 0 Å². The lowest BCUT2D eigenvalue weighted by atomic mass is 10.0. The number of hydrogen-bond donors (Lipinski definition) is 1. The summed E-state index contributed by atoms with van der Waals surface area (Å²) in [7, 11) is 3.89. The molecule has 2 rings (SSSR count). The largest absolute Gasteiger partial charge is 0.497 e. The Balaban J connectivity index is 2.21. The first-order valence-corrected chi connectivity index (χ1v) is 6.96. The van der Waals surface area contributed by atoms with Gasteiger partial charge in [-0.2, -0.15) is 0 Å². The number of nitrogens with two attached hydrogens (primary N) is 1. The van der Waals surface area contributed by atoms with Crippen molar-refractivity contribution in [2.24, 2.45) is 5.73 Å². The number of ether oxygens (including phenoxy) is 1. The fourth-order valence-electron chi connectivity index (χ4n) is 3.06. The maximum absolute atomic E-state index is 5.77. The van der Waals surface area contributed by atoms with E-state index in [1.807, 2.05) is 12.1 Å². The highest BCUT2D eigenvalue weighted by Gasteiger charge is 2.30. The van der Waals surface area contributed by atoms with Crippen LogP contribution in [-0.2, 0) is 0 Å². The molecule has 0 amide bonds. The summed E-state index contributed by atoms with van der Waals surface area (Å²) in [6.45, 7) is 5.18. The number of rotatable bonds is 4. The number of anilines is 1. The Kier molecular flexibility index (Phi) is 4.66. The number of benzene rings is 1. The van der Waals surface area contributed by atoms with Crippen molar-refractivity contribution in [2.45, 2.75) is 25.4 Å². The standard InChI is InChI=1S/C15H25N3O/c1-12-10-17(2)11-14(8-9-16)18(12)13-4-6-15(19-3)7-5-13/h4-7,12,14H,8-11,16H2,1-3H3. The monoisotopic (exact) mass is 263 g/mol. The van der Waals surface area contributed by atoms with Crippen molar-refractivity contribution < 1.29 is 4.74 Å². The van der Waals surface area contributed by atoms with E-state index in [0.29, 0.717) is 12.1 Å². The third-order valence-corrected chi connectivity index (χ3v) is 3.84. The number of methoxy groups -OCH3 is 1. The fraction of sp³-hybridized carbons (Fsp3) is 0.600. The predicted octanol–water partition coefficient (Wildman–Crippen LogP) is 1.55. The van der Waals surface area contributed by atoms with Gasteiger partial charge in [-0.1, -0.05) is 0 Å². The minimum Gasteiger partial charge on any atom is -0.497 e. The van der Waals surface area contributed by atoms with Gasteiger partial charge < -0.3 is 20.3 Å². The highest BCUT2D eigenvalue weighted by Crippen LogP contribution is 2.27. The zero-order valence-corrected chi connectivity index (χ0v) is 12.2. The van der Waals surface area contributed by atoms with Crippen LogP contribution in [0.1, 0.15) is 13.3 Å². The molecule has 0 aromatic heterocycles. The quantitative estimate of drug-likeness (QED) is 0.895. The summed E-state index contributed by atoms with van der Waals surface area (Å²) in [6.07, 6.45) is 1.03. The zero-order valence-electron chi connectivity index (χ0n) is 12.2. The first-order valence-electron chi connectivity index (χ1n) is 6.96. The van der Waals surface area contributed by atoms with E-state index >= 15 is 0 Å². The average Bonchev–Trinajstić information content (AvgIpc) is 2.39. The molecule has 1 aliphatic heterocycles. The number of nitrogens with zero attached hydrogens (tertiary/aromatic N) is 2. The van der Waals surface area contributed by atoms with Crippen LogP contribution in [0.5, 0.6) is 5.75 Å². The first-order chi connectivity index (χ1) is 9.15. The molecule has 1 aromatic rings.